The summed E-state index contributed by atoms with van der Waals surface area (Å²) in [4.78, 5) is 4.29. The molecular weight excluding hydrogens is 292 g/mol. The summed E-state index contributed by atoms with van der Waals surface area (Å²) < 4.78 is 5.26. The lowest BCUT2D eigenvalue weighted by atomic mass is 9.78. The Bertz CT molecular complexity index is 696. The molecule has 23 heavy (non-hydrogen) atoms. The summed E-state index contributed by atoms with van der Waals surface area (Å²) in [7, 11) is 0. The van der Waals surface area contributed by atoms with Crippen LogP contribution >= 0.6 is 0 Å². The molecule has 0 amide bonds. The van der Waals surface area contributed by atoms with E-state index in [1.165, 1.54) is 6.26 Å². The molecule has 5 nitrogen and oxygen atoms in total. The molecule has 0 saturated carbocycles. The Labute approximate surface area is 136 Å². The summed E-state index contributed by atoms with van der Waals surface area (Å²) in [6.07, 6.45) is 2.65. The molecular formula is C18H24N2O3. The lowest BCUT2D eigenvalue weighted by Crippen LogP contribution is -2.17. The fraction of sp³-hybridized carbons (Fsp3) is 0.444. The van der Waals surface area contributed by atoms with E-state index in [0.29, 0.717) is 11.4 Å². The fourth-order valence-corrected chi connectivity index (χ4v) is 2.45. The van der Waals surface area contributed by atoms with Gasteiger partial charge in [0, 0.05) is 16.7 Å². The molecule has 1 aromatic carbocycles. The van der Waals surface area contributed by atoms with Crippen LogP contribution < -0.4 is 0 Å². The molecule has 5 heteroatoms. The normalized spacial score (nSPS) is 13.0. The molecule has 0 fully saturated rings. The van der Waals surface area contributed by atoms with Gasteiger partial charge in [-0.05, 0) is 23.0 Å². The van der Waals surface area contributed by atoms with Crippen molar-refractivity contribution in [3.05, 3.63) is 35.4 Å². The first kappa shape index (κ1) is 17.1. The van der Waals surface area contributed by atoms with Gasteiger partial charge >= 0.3 is 0 Å². The van der Waals surface area contributed by atoms with Crippen molar-refractivity contribution in [1.82, 2.24) is 4.98 Å². The Morgan fingerprint density at radius 3 is 2.00 bits per heavy atom. The molecule has 0 radical (unpaired) electrons. The van der Waals surface area contributed by atoms with Crippen LogP contribution in [0.4, 0.5) is 0 Å². The molecule has 0 atom stereocenters. The molecule has 0 spiro atoms. The van der Waals surface area contributed by atoms with Crippen LogP contribution in [0.3, 0.4) is 0 Å². The van der Waals surface area contributed by atoms with Crippen molar-refractivity contribution in [2.45, 2.75) is 52.4 Å². The molecule has 0 aliphatic carbocycles. The van der Waals surface area contributed by atoms with Crippen LogP contribution in [-0.4, -0.2) is 21.5 Å². The van der Waals surface area contributed by atoms with Gasteiger partial charge in [-0.1, -0.05) is 46.7 Å². The van der Waals surface area contributed by atoms with Gasteiger partial charge in [-0.2, -0.15) is 0 Å². The number of rotatable bonds is 2. The van der Waals surface area contributed by atoms with E-state index in [9.17, 15) is 5.11 Å². The maximum atomic E-state index is 10.7. The fourth-order valence-electron chi connectivity index (χ4n) is 2.45. The minimum absolute atomic E-state index is 0.209. The van der Waals surface area contributed by atoms with Crippen LogP contribution in [0.15, 0.2) is 28.0 Å². The van der Waals surface area contributed by atoms with Crippen molar-refractivity contribution < 1.29 is 14.7 Å². The third-order valence-electron chi connectivity index (χ3n) is 3.71. The number of oxazole rings is 1. The highest BCUT2D eigenvalue weighted by Gasteiger charge is 2.27. The largest absolute Gasteiger partial charge is 0.507 e. The Morgan fingerprint density at radius 1 is 1.04 bits per heavy atom. The molecule has 2 aromatic rings. The number of aromatic hydroxyl groups is 1. The number of oxime groups is 1. The highest BCUT2D eigenvalue weighted by molar-refractivity contribution is 5.75. The van der Waals surface area contributed by atoms with Gasteiger partial charge in [0.25, 0.3) is 0 Å². The zero-order valence-corrected chi connectivity index (χ0v) is 14.5. The van der Waals surface area contributed by atoms with Crippen molar-refractivity contribution in [2.24, 2.45) is 5.16 Å². The van der Waals surface area contributed by atoms with Crippen molar-refractivity contribution in [2.75, 3.05) is 0 Å². The molecule has 1 heterocycles. The zero-order valence-electron chi connectivity index (χ0n) is 14.5. The standard InChI is InChI=1S/C18H24N2O3/c1-17(2,3)12-7-11(8-13(16(12)21)18(4,5)6)14-10-23-15(20-14)9-19-22/h7-10,21-22H,1-6H3. The van der Waals surface area contributed by atoms with Crippen molar-refractivity contribution in [3.63, 3.8) is 0 Å². The molecule has 124 valence electrons. The van der Waals surface area contributed by atoms with Crippen LogP contribution in [-0.2, 0) is 10.8 Å². The topological polar surface area (TPSA) is 78.9 Å². The van der Waals surface area contributed by atoms with Crippen molar-refractivity contribution >= 4 is 6.21 Å². The molecule has 2 rings (SSSR count). The Balaban J connectivity index is 2.68. The smallest absolute Gasteiger partial charge is 0.241 e. The van der Waals surface area contributed by atoms with E-state index in [1.807, 2.05) is 12.1 Å². The Morgan fingerprint density at radius 2 is 1.57 bits per heavy atom. The van der Waals surface area contributed by atoms with Crippen LogP contribution in [0.25, 0.3) is 11.3 Å². The summed E-state index contributed by atoms with van der Waals surface area (Å²) in [5.74, 6) is 0.555. The van der Waals surface area contributed by atoms with Gasteiger partial charge in [-0.15, -0.1) is 0 Å². The predicted octanol–water partition coefficient (Wildman–Crippen LogP) is 4.45. The molecule has 0 aliphatic rings. The van der Waals surface area contributed by atoms with Gasteiger partial charge in [0.15, 0.2) is 0 Å². The third-order valence-corrected chi connectivity index (χ3v) is 3.71. The molecule has 0 unspecified atom stereocenters. The second-order valence-electron chi connectivity index (χ2n) is 7.74. The van der Waals surface area contributed by atoms with E-state index >= 15 is 0 Å². The molecule has 0 bridgehead atoms. The lowest BCUT2D eigenvalue weighted by Gasteiger charge is -2.28. The van der Waals surface area contributed by atoms with Gasteiger partial charge in [-0.3, -0.25) is 0 Å². The van der Waals surface area contributed by atoms with E-state index in [4.69, 9.17) is 9.62 Å². The number of nitrogens with zero attached hydrogens (tertiary/aromatic N) is 2. The summed E-state index contributed by atoms with van der Waals surface area (Å²) in [6, 6.07) is 3.87. The monoisotopic (exact) mass is 316 g/mol. The highest BCUT2D eigenvalue weighted by atomic mass is 16.4. The predicted molar refractivity (Wildman–Crippen MR) is 90.4 cm³/mol. The lowest BCUT2D eigenvalue weighted by molar-refractivity contribution is 0.320. The van der Waals surface area contributed by atoms with Gasteiger partial charge in [0.05, 0.1) is 0 Å². The number of hydrogen-bond acceptors (Lipinski definition) is 5. The number of hydrogen-bond donors (Lipinski definition) is 2. The molecule has 2 N–H and O–H groups in total. The van der Waals surface area contributed by atoms with Gasteiger partial charge in [0.2, 0.25) is 5.89 Å². The number of phenolic OH excluding ortho intramolecular Hbond substituents is 1. The zero-order chi connectivity index (χ0) is 17.4. The van der Waals surface area contributed by atoms with Gasteiger partial charge in [0.1, 0.15) is 23.9 Å². The van der Waals surface area contributed by atoms with E-state index in [-0.39, 0.29) is 16.7 Å². The number of aromatic nitrogens is 1. The number of benzene rings is 1. The quantitative estimate of drug-likeness (QED) is 0.487. The van der Waals surface area contributed by atoms with Crippen LogP contribution in [0, 0.1) is 0 Å². The highest BCUT2D eigenvalue weighted by Crippen LogP contribution is 2.41. The van der Waals surface area contributed by atoms with Crippen LogP contribution in [0.5, 0.6) is 5.75 Å². The second kappa shape index (κ2) is 5.72. The first-order valence-electron chi connectivity index (χ1n) is 7.55. The van der Waals surface area contributed by atoms with Crippen molar-refractivity contribution in [3.8, 4) is 17.0 Å². The second-order valence-corrected chi connectivity index (χ2v) is 7.74. The average molecular weight is 316 g/mol. The Kier molecular flexibility index (Phi) is 4.24. The van der Waals surface area contributed by atoms with Crippen molar-refractivity contribution in [1.29, 1.82) is 0 Å². The first-order valence-corrected chi connectivity index (χ1v) is 7.55. The third kappa shape index (κ3) is 3.55. The van der Waals surface area contributed by atoms with Gasteiger partial charge in [-0.25, -0.2) is 4.98 Å². The maximum absolute atomic E-state index is 10.7. The van der Waals surface area contributed by atoms with Crippen LogP contribution in [0.1, 0.15) is 58.6 Å². The Hall–Kier alpha value is -2.30. The summed E-state index contributed by atoms with van der Waals surface area (Å²) in [5, 5.41) is 22.2. The van der Waals surface area contributed by atoms with E-state index in [2.05, 4.69) is 51.7 Å². The minimum atomic E-state index is -0.209. The first-order chi connectivity index (χ1) is 10.5. The minimum Gasteiger partial charge on any atom is -0.507 e. The maximum Gasteiger partial charge on any atom is 0.241 e. The van der Waals surface area contributed by atoms with E-state index in [0.717, 1.165) is 22.9 Å². The van der Waals surface area contributed by atoms with E-state index < -0.39 is 0 Å². The van der Waals surface area contributed by atoms with E-state index in [1.54, 1.807) is 0 Å². The molecule has 0 saturated heterocycles. The molecule has 1 aromatic heterocycles. The number of phenols is 1. The average Bonchev–Trinajstić information content (AvgIpc) is 2.85. The molecule has 0 aliphatic heterocycles. The summed E-state index contributed by atoms with van der Waals surface area (Å²) in [5.41, 5.74) is 2.80. The SMILES string of the molecule is CC(C)(C)c1cc(-c2coc(C=NO)n2)cc(C(C)(C)C)c1O. The summed E-state index contributed by atoms with van der Waals surface area (Å²) in [6.45, 7) is 12.4. The van der Waals surface area contributed by atoms with Crippen LogP contribution in [0.2, 0.25) is 0 Å². The van der Waals surface area contributed by atoms with Gasteiger partial charge < -0.3 is 14.7 Å². The summed E-state index contributed by atoms with van der Waals surface area (Å²) >= 11 is 0.